The van der Waals surface area contributed by atoms with Crippen LogP contribution in [0.5, 0.6) is 5.75 Å². The van der Waals surface area contributed by atoms with E-state index in [9.17, 15) is 9.18 Å². The van der Waals surface area contributed by atoms with E-state index in [0.29, 0.717) is 45.3 Å². The van der Waals surface area contributed by atoms with Crippen LogP contribution < -0.4 is 15.4 Å². The second-order valence-corrected chi connectivity index (χ2v) is 9.82. The third-order valence-electron chi connectivity index (χ3n) is 6.94. The summed E-state index contributed by atoms with van der Waals surface area (Å²) < 4.78 is 19.0. The van der Waals surface area contributed by atoms with Crippen molar-refractivity contribution in [1.29, 1.82) is 0 Å². The minimum atomic E-state index is -0.501. The van der Waals surface area contributed by atoms with Gasteiger partial charge in [-0.25, -0.2) is 14.4 Å². The second kappa shape index (κ2) is 9.43. The monoisotopic (exact) mass is 495 g/mol. The van der Waals surface area contributed by atoms with Gasteiger partial charge in [0.2, 0.25) is 5.91 Å². The molecule has 9 heteroatoms. The van der Waals surface area contributed by atoms with Gasteiger partial charge < -0.3 is 15.4 Å². The highest BCUT2D eigenvalue weighted by atomic mass is 35.5. The van der Waals surface area contributed by atoms with Crippen molar-refractivity contribution < 1.29 is 13.9 Å². The fraction of sp³-hybridized carbons (Fsp3) is 0.346. The molecule has 1 aliphatic carbocycles. The van der Waals surface area contributed by atoms with Crippen molar-refractivity contribution in [1.82, 2.24) is 14.9 Å². The maximum atomic E-state index is 13.5. The molecule has 2 N–H and O–H groups in total. The molecule has 2 heterocycles. The lowest BCUT2D eigenvalue weighted by Gasteiger charge is -2.29. The molecule has 2 fully saturated rings. The Labute approximate surface area is 208 Å². The Bertz CT molecular complexity index is 1320. The zero-order valence-corrected chi connectivity index (χ0v) is 20.4. The quantitative estimate of drug-likeness (QED) is 0.419. The molecule has 1 aliphatic heterocycles. The predicted octanol–water partition coefficient (Wildman–Crippen LogP) is 5.54. The smallest absolute Gasteiger partial charge is 0.248 e. The van der Waals surface area contributed by atoms with Gasteiger partial charge in [0.25, 0.3) is 0 Å². The molecule has 1 saturated carbocycles. The van der Waals surface area contributed by atoms with Crippen LogP contribution in [-0.4, -0.2) is 47.0 Å². The van der Waals surface area contributed by atoms with Crippen LogP contribution in [0, 0.1) is 11.2 Å². The van der Waals surface area contributed by atoms with Crippen LogP contribution >= 0.6 is 11.6 Å². The number of likely N-dealkylation sites (tertiary alicyclic amines) is 1. The van der Waals surface area contributed by atoms with Crippen molar-refractivity contribution in [3.05, 3.63) is 59.7 Å². The van der Waals surface area contributed by atoms with E-state index < -0.39 is 5.82 Å². The SMILES string of the molecule is COc1cc2ncnc(Nc3ccc(F)c(Cl)c3)c2cc1NC(=O)C=CCN1CCCC2(C)CC12. The number of halogens is 2. The fourth-order valence-electron chi connectivity index (χ4n) is 4.91. The number of methoxy groups -OCH3 is 1. The molecule has 182 valence electrons. The third-order valence-corrected chi connectivity index (χ3v) is 7.23. The summed E-state index contributed by atoms with van der Waals surface area (Å²) in [6.45, 7) is 4.20. The first kappa shape index (κ1) is 23.5. The molecule has 2 aromatic carbocycles. The van der Waals surface area contributed by atoms with Crippen molar-refractivity contribution in [3.63, 3.8) is 0 Å². The van der Waals surface area contributed by atoms with Gasteiger partial charge in [-0.3, -0.25) is 9.69 Å². The summed E-state index contributed by atoms with van der Waals surface area (Å²) in [6.07, 6.45) is 8.67. The number of hydrogen-bond donors (Lipinski definition) is 2. The van der Waals surface area contributed by atoms with Crippen molar-refractivity contribution in [2.45, 2.75) is 32.2 Å². The summed E-state index contributed by atoms with van der Waals surface area (Å²) in [5.41, 5.74) is 2.17. The average molecular weight is 496 g/mol. The zero-order chi connectivity index (χ0) is 24.6. The highest BCUT2D eigenvalue weighted by Gasteiger charge is 2.54. The van der Waals surface area contributed by atoms with E-state index in [0.717, 1.165) is 13.1 Å². The van der Waals surface area contributed by atoms with E-state index >= 15 is 0 Å². The Hall–Kier alpha value is -3.23. The molecule has 5 rings (SSSR count). The number of carbonyl (C=O) groups is 1. The van der Waals surface area contributed by atoms with Gasteiger partial charge in [0.05, 0.1) is 23.3 Å². The van der Waals surface area contributed by atoms with Crippen molar-refractivity contribution in [2.75, 3.05) is 30.8 Å². The highest BCUT2D eigenvalue weighted by molar-refractivity contribution is 6.31. The standard InChI is InChI=1S/C26H27ClFN5O2/c1-26-8-4-10-33(23(26)14-26)9-3-5-24(34)32-21-12-17-20(13-22(21)35-2)29-15-30-25(17)31-16-6-7-19(28)18(27)11-16/h3,5-7,11-13,15,23H,4,8-10,14H2,1-2H3,(H,32,34)(H,29,30,31). The van der Waals surface area contributed by atoms with Gasteiger partial charge in [0.15, 0.2) is 0 Å². The molecule has 2 unspecified atom stereocenters. The van der Waals surface area contributed by atoms with Crippen molar-refractivity contribution in [3.8, 4) is 5.75 Å². The van der Waals surface area contributed by atoms with E-state index in [2.05, 4.69) is 32.4 Å². The van der Waals surface area contributed by atoms with E-state index in [1.807, 2.05) is 6.08 Å². The number of nitrogens with zero attached hydrogens (tertiary/aromatic N) is 3. The molecule has 3 aromatic rings. The molecule has 2 atom stereocenters. The summed E-state index contributed by atoms with van der Waals surface area (Å²) in [7, 11) is 1.54. The first-order valence-corrected chi connectivity index (χ1v) is 12.0. The van der Waals surface area contributed by atoms with Crippen molar-refractivity contribution >= 4 is 45.6 Å². The number of piperidine rings is 1. The van der Waals surface area contributed by atoms with Gasteiger partial charge in [0, 0.05) is 35.8 Å². The number of ether oxygens (including phenoxy) is 1. The number of amides is 1. The van der Waals surface area contributed by atoms with Gasteiger partial charge in [0.1, 0.15) is 23.7 Å². The number of aromatic nitrogens is 2. The summed E-state index contributed by atoms with van der Waals surface area (Å²) in [5, 5.41) is 6.71. The lowest BCUT2D eigenvalue weighted by atomic mass is 9.98. The number of hydrogen-bond acceptors (Lipinski definition) is 6. The van der Waals surface area contributed by atoms with E-state index in [-0.39, 0.29) is 10.9 Å². The second-order valence-electron chi connectivity index (χ2n) is 9.41. The summed E-state index contributed by atoms with van der Waals surface area (Å²) in [6, 6.07) is 8.47. The van der Waals surface area contributed by atoms with Crippen molar-refractivity contribution in [2.24, 2.45) is 5.41 Å². The number of benzene rings is 2. The minimum absolute atomic E-state index is 0.00522. The molecule has 0 radical (unpaired) electrons. The number of anilines is 3. The lowest BCUT2D eigenvalue weighted by Crippen LogP contribution is -2.34. The Kier molecular flexibility index (Phi) is 6.34. The van der Waals surface area contributed by atoms with Crippen LogP contribution in [0.4, 0.5) is 21.6 Å². The molecule has 0 spiro atoms. The Balaban J connectivity index is 1.33. The van der Waals surface area contributed by atoms with E-state index in [1.54, 1.807) is 24.3 Å². The normalized spacial score (nSPS) is 21.7. The lowest BCUT2D eigenvalue weighted by molar-refractivity contribution is -0.111. The van der Waals surface area contributed by atoms with Gasteiger partial charge in [-0.1, -0.05) is 24.6 Å². The van der Waals surface area contributed by atoms with Crippen LogP contribution in [0.25, 0.3) is 10.9 Å². The molecule has 1 aromatic heterocycles. The van der Waals surface area contributed by atoms with Gasteiger partial charge in [-0.2, -0.15) is 0 Å². The number of nitrogens with one attached hydrogen (secondary N) is 2. The number of fused-ring (bicyclic) bond motifs is 2. The highest BCUT2D eigenvalue weighted by Crippen LogP contribution is 2.55. The first-order valence-electron chi connectivity index (χ1n) is 11.6. The Morgan fingerprint density at radius 1 is 1.34 bits per heavy atom. The maximum Gasteiger partial charge on any atom is 0.248 e. The Morgan fingerprint density at radius 3 is 3.00 bits per heavy atom. The molecule has 7 nitrogen and oxygen atoms in total. The van der Waals surface area contributed by atoms with Crippen LogP contribution in [0.2, 0.25) is 5.02 Å². The molecule has 35 heavy (non-hydrogen) atoms. The van der Waals surface area contributed by atoms with E-state index in [1.165, 1.54) is 44.8 Å². The number of rotatable bonds is 7. The first-order chi connectivity index (χ1) is 16.9. The molecule has 1 saturated heterocycles. The summed E-state index contributed by atoms with van der Waals surface area (Å²) in [4.78, 5) is 23.8. The largest absolute Gasteiger partial charge is 0.494 e. The summed E-state index contributed by atoms with van der Waals surface area (Å²) >= 11 is 5.91. The van der Waals surface area contributed by atoms with Gasteiger partial charge >= 0.3 is 0 Å². The molecular weight excluding hydrogens is 469 g/mol. The molecular formula is C26H27ClFN5O2. The van der Waals surface area contributed by atoms with Crippen LogP contribution in [0.3, 0.4) is 0 Å². The third kappa shape index (κ3) is 4.94. The average Bonchev–Trinajstić information content (AvgIpc) is 3.54. The molecule has 0 bridgehead atoms. The minimum Gasteiger partial charge on any atom is -0.494 e. The van der Waals surface area contributed by atoms with Gasteiger partial charge in [-0.05, 0) is 55.5 Å². The Morgan fingerprint density at radius 2 is 2.20 bits per heavy atom. The zero-order valence-electron chi connectivity index (χ0n) is 19.6. The van der Waals surface area contributed by atoms with Crippen LogP contribution in [0.15, 0.2) is 48.8 Å². The topological polar surface area (TPSA) is 79.4 Å². The van der Waals surface area contributed by atoms with Crippen LogP contribution in [-0.2, 0) is 4.79 Å². The van der Waals surface area contributed by atoms with E-state index in [4.69, 9.17) is 16.3 Å². The van der Waals surface area contributed by atoms with Gasteiger partial charge in [-0.15, -0.1) is 0 Å². The fourth-order valence-corrected chi connectivity index (χ4v) is 5.09. The maximum absolute atomic E-state index is 13.5. The number of carbonyl (C=O) groups excluding carboxylic acids is 1. The molecule has 2 aliphatic rings. The van der Waals surface area contributed by atoms with Crippen LogP contribution in [0.1, 0.15) is 26.2 Å². The molecule has 1 amide bonds. The predicted molar refractivity (Wildman–Crippen MR) is 136 cm³/mol. The summed E-state index contributed by atoms with van der Waals surface area (Å²) in [5.74, 6) is 0.233.